The number of nitrogens with one attached hydrogen (secondary N) is 1. The normalized spacial score (nSPS) is 18.5. The zero-order chi connectivity index (χ0) is 22.7. The van der Waals surface area contributed by atoms with E-state index in [1.165, 1.54) is 0 Å². The van der Waals surface area contributed by atoms with Crippen LogP contribution in [0.25, 0.3) is 0 Å². The van der Waals surface area contributed by atoms with Crippen LogP contribution in [-0.4, -0.2) is 40.4 Å². The third-order valence-corrected chi connectivity index (χ3v) is 3.72. The molecule has 1 unspecified atom stereocenters. The number of carbonyl (C=O) groups is 2. The molecule has 1 aromatic carbocycles. The molecule has 0 spiro atoms. The molecule has 1 amide bonds. The van der Waals surface area contributed by atoms with Crippen molar-refractivity contribution >= 4 is 17.6 Å². The van der Waals surface area contributed by atoms with Gasteiger partial charge in [-0.25, -0.2) is 4.79 Å². The number of hydrogen-bond acceptors (Lipinski definition) is 6. The Bertz CT molecular complexity index is 914. The summed E-state index contributed by atoms with van der Waals surface area (Å²) < 4.78 is 16.4. The van der Waals surface area contributed by atoms with E-state index < -0.39 is 23.1 Å². The topological polar surface area (TPSA) is 94.1 Å². The summed E-state index contributed by atoms with van der Waals surface area (Å²) in [5.41, 5.74) is -1.96. The minimum absolute atomic E-state index is 0.00119. The van der Waals surface area contributed by atoms with Gasteiger partial charge in [0.05, 0.1) is 17.9 Å². The fraction of sp³-hybridized carbons (Fsp3) is 0.478. The highest BCUT2D eigenvalue weighted by Crippen LogP contribution is 2.38. The number of anilines is 1. The number of carbonyl (C=O) groups excluding carboxylic acids is 2. The minimum atomic E-state index is -2.10. The van der Waals surface area contributed by atoms with E-state index in [9.17, 15) is 14.7 Å². The van der Waals surface area contributed by atoms with Crippen molar-refractivity contribution in [1.29, 1.82) is 0 Å². The zero-order valence-electron chi connectivity index (χ0n) is 18.5. The van der Waals surface area contributed by atoms with Crippen LogP contribution < -0.4 is 5.32 Å². The van der Waals surface area contributed by atoms with Gasteiger partial charge < -0.3 is 19.3 Å². The molecule has 0 saturated carbocycles. The molecule has 0 aliphatic heterocycles. The van der Waals surface area contributed by atoms with Crippen LogP contribution in [0.5, 0.6) is 0 Å². The van der Waals surface area contributed by atoms with Gasteiger partial charge in [0.1, 0.15) is 5.60 Å². The van der Waals surface area contributed by atoms with E-state index in [2.05, 4.69) is 17.2 Å². The molecule has 0 fully saturated rings. The zero-order valence-corrected chi connectivity index (χ0v) is 18.5. The first kappa shape index (κ1) is 23.3. The number of para-hydroxylation sites is 1. The SMILES string of the molecule is CC(C)OC1=C(OC(C)C)C(O)(C#Cc2ccccc2NC(=O)OC(C)(C)C)C1=O. The van der Waals surface area contributed by atoms with Crippen LogP contribution in [0.15, 0.2) is 35.8 Å². The lowest BCUT2D eigenvalue weighted by atomic mass is 9.83. The van der Waals surface area contributed by atoms with Crippen molar-refractivity contribution in [3.8, 4) is 11.8 Å². The van der Waals surface area contributed by atoms with E-state index in [0.717, 1.165) is 0 Å². The minimum Gasteiger partial charge on any atom is -0.487 e. The Labute approximate surface area is 177 Å². The van der Waals surface area contributed by atoms with Crippen molar-refractivity contribution in [2.45, 2.75) is 71.9 Å². The smallest absolute Gasteiger partial charge is 0.412 e. The van der Waals surface area contributed by atoms with Gasteiger partial charge in [0.25, 0.3) is 11.4 Å². The van der Waals surface area contributed by atoms with E-state index in [1.807, 2.05) is 0 Å². The lowest BCUT2D eigenvalue weighted by Gasteiger charge is -2.36. The molecule has 0 bridgehead atoms. The molecule has 0 saturated heterocycles. The van der Waals surface area contributed by atoms with E-state index in [4.69, 9.17) is 14.2 Å². The monoisotopic (exact) mass is 415 g/mol. The van der Waals surface area contributed by atoms with Crippen LogP contribution in [0, 0.1) is 11.8 Å². The van der Waals surface area contributed by atoms with E-state index >= 15 is 0 Å². The summed E-state index contributed by atoms with van der Waals surface area (Å²) in [4.78, 5) is 24.6. The van der Waals surface area contributed by atoms with Crippen LogP contribution in [0.3, 0.4) is 0 Å². The third-order valence-electron chi connectivity index (χ3n) is 3.72. The molecule has 1 aromatic rings. The molecule has 1 atom stereocenters. The van der Waals surface area contributed by atoms with Crippen molar-refractivity contribution in [2.24, 2.45) is 0 Å². The summed E-state index contributed by atoms with van der Waals surface area (Å²) >= 11 is 0. The fourth-order valence-corrected chi connectivity index (χ4v) is 2.58. The van der Waals surface area contributed by atoms with Crippen molar-refractivity contribution in [2.75, 3.05) is 5.32 Å². The quantitative estimate of drug-likeness (QED) is 0.711. The summed E-state index contributed by atoms with van der Waals surface area (Å²) in [6, 6.07) is 6.76. The number of benzene rings is 1. The van der Waals surface area contributed by atoms with Crippen LogP contribution >= 0.6 is 0 Å². The average molecular weight is 415 g/mol. The van der Waals surface area contributed by atoms with Crippen LogP contribution in [-0.2, 0) is 19.0 Å². The first-order chi connectivity index (χ1) is 13.8. The maximum Gasteiger partial charge on any atom is 0.412 e. The predicted molar refractivity (Wildman–Crippen MR) is 113 cm³/mol. The van der Waals surface area contributed by atoms with Crippen molar-refractivity contribution < 1.29 is 28.9 Å². The van der Waals surface area contributed by atoms with Gasteiger partial charge in [-0.1, -0.05) is 18.1 Å². The van der Waals surface area contributed by atoms with E-state index in [-0.39, 0.29) is 23.7 Å². The second-order valence-electron chi connectivity index (χ2n) is 8.45. The lowest BCUT2D eigenvalue weighted by Crippen LogP contribution is -2.52. The van der Waals surface area contributed by atoms with Crippen molar-refractivity contribution in [3.05, 3.63) is 41.3 Å². The highest BCUT2D eigenvalue weighted by molar-refractivity contribution is 6.12. The standard InChI is InChI=1S/C23H29NO6/c1-14(2)28-18-19(25)23(27,20(18)29-15(3)4)13-12-16-10-8-9-11-17(16)24-21(26)30-22(5,6)7/h8-11,14-15,27H,1-7H3,(H,24,26). The highest BCUT2D eigenvalue weighted by atomic mass is 16.6. The Hall–Kier alpha value is -2.98. The van der Waals surface area contributed by atoms with Gasteiger partial charge in [0, 0.05) is 5.56 Å². The number of rotatable bonds is 5. The van der Waals surface area contributed by atoms with Gasteiger partial charge in [0.15, 0.2) is 5.76 Å². The maximum atomic E-state index is 12.5. The number of Topliss-reactive ketones (excluding diaryl/α,β-unsaturated/α-hetero) is 1. The number of hydrogen-bond donors (Lipinski definition) is 2. The van der Waals surface area contributed by atoms with Crippen LogP contribution in [0.4, 0.5) is 10.5 Å². The Morgan fingerprint density at radius 1 is 1.10 bits per heavy atom. The molecule has 1 aliphatic rings. The molecule has 1 aliphatic carbocycles. The Balaban J connectivity index is 2.34. The number of ketones is 1. The largest absolute Gasteiger partial charge is 0.487 e. The van der Waals surface area contributed by atoms with Crippen molar-refractivity contribution in [3.63, 3.8) is 0 Å². The summed E-state index contributed by atoms with van der Waals surface area (Å²) in [5.74, 6) is 4.68. The summed E-state index contributed by atoms with van der Waals surface area (Å²) in [6.45, 7) is 12.4. The summed E-state index contributed by atoms with van der Waals surface area (Å²) in [5, 5.41) is 13.5. The summed E-state index contributed by atoms with van der Waals surface area (Å²) in [6.07, 6.45) is -1.18. The van der Waals surface area contributed by atoms with Gasteiger partial charge in [-0.15, -0.1) is 0 Å². The molecule has 7 nitrogen and oxygen atoms in total. The first-order valence-corrected chi connectivity index (χ1v) is 9.81. The Morgan fingerprint density at radius 3 is 2.27 bits per heavy atom. The van der Waals surface area contributed by atoms with Crippen molar-refractivity contribution in [1.82, 2.24) is 0 Å². The van der Waals surface area contributed by atoms with E-state index in [0.29, 0.717) is 11.3 Å². The molecule has 162 valence electrons. The molecule has 0 heterocycles. The third kappa shape index (κ3) is 5.55. The number of ether oxygens (including phenoxy) is 3. The summed E-state index contributed by atoms with van der Waals surface area (Å²) in [7, 11) is 0. The molecule has 7 heteroatoms. The van der Waals surface area contributed by atoms with Gasteiger partial charge in [-0.2, -0.15) is 0 Å². The molecule has 2 rings (SSSR count). The number of amides is 1. The molecule has 0 radical (unpaired) electrons. The average Bonchev–Trinajstić information content (AvgIpc) is 2.61. The van der Waals surface area contributed by atoms with E-state index in [1.54, 1.807) is 72.7 Å². The number of aliphatic hydroxyl groups is 1. The fourth-order valence-electron chi connectivity index (χ4n) is 2.58. The molecular formula is C23H29NO6. The molecule has 2 N–H and O–H groups in total. The Kier molecular flexibility index (Phi) is 6.84. The second-order valence-corrected chi connectivity index (χ2v) is 8.45. The van der Waals surface area contributed by atoms with Crippen LogP contribution in [0.1, 0.15) is 54.0 Å². The Morgan fingerprint density at radius 2 is 1.70 bits per heavy atom. The molecule has 0 aromatic heterocycles. The predicted octanol–water partition coefficient (Wildman–Crippen LogP) is 3.76. The van der Waals surface area contributed by atoms with Gasteiger partial charge in [0.2, 0.25) is 5.76 Å². The first-order valence-electron chi connectivity index (χ1n) is 9.81. The highest BCUT2D eigenvalue weighted by Gasteiger charge is 2.56. The van der Waals surface area contributed by atoms with Gasteiger partial charge in [-0.05, 0) is 66.5 Å². The lowest BCUT2D eigenvalue weighted by molar-refractivity contribution is -0.143. The molecular weight excluding hydrogens is 386 g/mol. The maximum absolute atomic E-state index is 12.5. The molecule has 30 heavy (non-hydrogen) atoms. The van der Waals surface area contributed by atoms with Gasteiger partial charge in [-0.3, -0.25) is 10.1 Å². The van der Waals surface area contributed by atoms with Crippen LogP contribution in [0.2, 0.25) is 0 Å². The van der Waals surface area contributed by atoms with Gasteiger partial charge >= 0.3 is 6.09 Å². The second kappa shape index (κ2) is 8.80.